The number of rotatable bonds is 4. The van der Waals surface area contributed by atoms with Gasteiger partial charge in [0, 0.05) is 11.6 Å². The van der Waals surface area contributed by atoms with Gasteiger partial charge in [0.1, 0.15) is 17.7 Å². The quantitative estimate of drug-likeness (QED) is 0.530. The lowest BCUT2D eigenvalue weighted by atomic mass is 10.0. The molecule has 0 spiro atoms. The van der Waals surface area contributed by atoms with Crippen molar-refractivity contribution in [2.75, 3.05) is 0 Å². The predicted molar refractivity (Wildman–Crippen MR) is 93.4 cm³/mol. The zero-order valence-electron chi connectivity index (χ0n) is 14.1. The van der Waals surface area contributed by atoms with Crippen LogP contribution in [0.25, 0.3) is 28.0 Å². The van der Waals surface area contributed by atoms with E-state index in [1.54, 1.807) is 29.2 Å². The smallest absolute Gasteiger partial charge is 0.388 e. The minimum absolute atomic E-state index is 0.164. The van der Waals surface area contributed by atoms with Crippen LogP contribution in [-0.2, 0) is 0 Å². The number of pyridine rings is 2. The summed E-state index contributed by atoms with van der Waals surface area (Å²) in [5, 5.41) is 0. The van der Waals surface area contributed by atoms with E-state index in [-0.39, 0.29) is 11.7 Å². The van der Waals surface area contributed by atoms with E-state index in [9.17, 15) is 13.2 Å². The number of imidazole rings is 1. The number of fused-ring (bicyclic) bond motifs is 1. The molecule has 0 saturated heterocycles. The lowest BCUT2D eigenvalue weighted by Crippen LogP contribution is -2.04. The van der Waals surface area contributed by atoms with Crippen LogP contribution in [0, 0.1) is 12.7 Å². The van der Waals surface area contributed by atoms with Crippen LogP contribution in [0.3, 0.4) is 0 Å². The summed E-state index contributed by atoms with van der Waals surface area (Å²) in [7, 11) is 0. The number of aromatic nitrogens is 4. The van der Waals surface area contributed by atoms with E-state index in [4.69, 9.17) is 0 Å². The van der Waals surface area contributed by atoms with Crippen molar-refractivity contribution in [3.8, 4) is 22.8 Å². The van der Waals surface area contributed by atoms with Crippen LogP contribution in [0.15, 0.2) is 55.1 Å². The maximum absolute atomic E-state index is 13.4. The maximum atomic E-state index is 13.4. The first kappa shape index (κ1) is 17.0. The first-order chi connectivity index (χ1) is 13.0. The third-order valence-electron chi connectivity index (χ3n) is 4.11. The molecule has 0 bridgehead atoms. The van der Waals surface area contributed by atoms with Gasteiger partial charge in [-0.15, -0.1) is 0 Å². The number of nitrogens with zero attached hydrogens (tertiary/aromatic N) is 4. The lowest BCUT2D eigenvalue weighted by Gasteiger charge is -2.08. The van der Waals surface area contributed by atoms with Gasteiger partial charge < -0.3 is 4.74 Å². The molecule has 0 atom stereocenters. The summed E-state index contributed by atoms with van der Waals surface area (Å²) < 4.78 is 43.9. The molecule has 3 heterocycles. The third kappa shape index (κ3) is 3.33. The summed E-state index contributed by atoms with van der Waals surface area (Å²) >= 11 is 0. The van der Waals surface area contributed by atoms with Gasteiger partial charge in [-0.3, -0.25) is 9.55 Å². The molecular weight excluding hydrogens is 357 g/mol. The van der Waals surface area contributed by atoms with Crippen LogP contribution in [0.2, 0.25) is 0 Å². The Morgan fingerprint density at radius 3 is 2.56 bits per heavy atom. The minimum atomic E-state index is -2.93. The molecule has 0 saturated carbocycles. The summed E-state index contributed by atoms with van der Waals surface area (Å²) in [5.41, 5.74) is 4.30. The average Bonchev–Trinajstić information content (AvgIpc) is 3.05. The summed E-state index contributed by atoms with van der Waals surface area (Å²) in [6.07, 6.45) is 4.64. The minimum Gasteiger partial charge on any atom is -0.417 e. The van der Waals surface area contributed by atoms with Crippen molar-refractivity contribution in [3.05, 3.63) is 66.5 Å². The normalized spacial score (nSPS) is 11.3. The number of benzene rings is 1. The predicted octanol–water partition coefficient (Wildman–Crippen LogP) is 4.53. The van der Waals surface area contributed by atoms with Gasteiger partial charge in [0.25, 0.3) is 0 Å². The van der Waals surface area contributed by atoms with E-state index >= 15 is 0 Å². The molecule has 8 heteroatoms. The number of aryl methyl sites for hydroxylation is 1. The van der Waals surface area contributed by atoms with Crippen LogP contribution >= 0.6 is 0 Å². The fourth-order valence-corrected chi connectivity index (χ4v) is 2.86. The molecule has 0 fully saturated rings. The van der Waals surface area contributed by atoms with Crippen LogP contribution in [0.1, 0.15) is 5.56 Å². The maximum Gasteiger partial charge on any atom is 0.388 e. The monoisotopic (exact) mass is 370 g/mol. The fourth-order valence-electron chi connectivity index (χ4n) is 2.86. The highest BCUT2D eigenvalue weighted by atomic mass is 19.3. The van der Waals surface area contributed by atoms with Crippen molar-refractivity contribution in [2.45, 2.75) is 13.5 Å². The van der Waals surface area contributed by atoms with Crippen molar-refractivity contribution in [1.29, 1.82) is 0 Å². The van der Waals surface area contributed by atoms with E-state index in [1.807, 2.05) is 13.0 Å². The third-order valence-corrected chi connectivity index (χ3v) is 4.11. The van der Waals surface area contributed by atoms with Crippen LogP contribution in [0.5, 0.6) is 5.88 Å². The Hall–Kier alpha value is -3.42. The number of ether oxygens (including phenoxy) is 1. The standard InChI is InChI=1S/C19H13F3N4O/c1-11-6-12(20)2-4-14(11)15-7-17-16(9-23-15)25-10-26(17)13-3-5-18(24-8-13)27-19(21)22/h2-10,19H,1H3. The van der Waals surface area contributed by atoms with E-state index in [2.05, 4.69) is 19.7 Å². The summed E-state index contributed by atoms with van der Waals surface area (Å²) in [6.45, 7) is -1.11. The molecule has 1 aromatic carbocycles. The second-order valence-electron chi connectivity index (χ2n) is 5.87. The SMILES string of the molecule is Cc1cc(F)ccc1-c1cc2c(cn1)ncn2-c1ccc(OC(F)F)nc1. The number of alkyl halides is 2. The molecule has 0 N–H and O–H groups in total. The zero-order valence-corrected chi connectivity index (χ0v) is 14.1. The Morgan fingerprint density at radius 1 is 1.00 bits per heavy atom. The molecular formula is C19H13F3N4O. The lowest BCUT2D eigenvalue weighted by molar-refractivity contribution is -0.0528. The highest BCUT2D eigenvalue weighted by Gasteiger charge is 2.11. The first-order valence-electron chi connectivity index (χ1n) is 8.02. The number of halogens is 3. The fraction of sp³-hybridized carbons (Fsp3) is 0.105. The van der Waals surface area contributed by atoms with Gasteiger partial charge >= 0.3 is 6.61 Å². The molecule has 0 unspecified atom stereocenters. The largest absolute Gasteiger partial charge is 0.417 e. The van der Waals surface area contributed by atoms with Gasteiger partial charge in [-0.25, -0.2) is 14.4 Å². The van der Waals surface area contributed by atoms with Gasteiger partial charge in [0.05, 0.1) is 29.3 Å². The van der Waals surface area contributed by atoms with E-state index < -0.39 is 6.61 Å². The molecule has 4 aromatic rings. The second-order valence-corrected chi connectivity index (χ2v) is 5.87. The second kappa shape index (κ2) is 6.71. The zero-order chi connectivity index (χ0) is 19.0. The summed E-state index contributed by atoms with van der Waals surface area (Å²) in [6, 6.07) is 9.32. The van der Waals surface area contributed by atoms with Crippen molar-refractivity contribution < 1.29 is 17.9 Å². The van der Waals surface area contributed by atoms with E-state index in [0.29, 0.717) is 16.9 Å². The molecule has 27 heavy (non-hydrogen) atoms. The molecule has 0 aliphatic rings. The Labute approximate surface area is 152 Å². The van der Waals surface area contributed by atoms with Gasteiger partial charge in [-0.1, -0.05) is 0 Å². The summed E-state index contributed by atoms with van der Waals surface area (Å²) in [5.74, 6) is -0.470. The average molecular weight is 370 g/mol. The molecule has 0 aliphatic heterocycles. The Morgan fingerprint density at radius 2 is 1.85 bits per heavy atom. The Bertz CT molecular complexity index is 1110. The van der Waals surface area contributed by atoms with E-state index in [0.717, 1.165) is 16.6 Å². The topological polar surface area (TPSA) is 52.8 Å². The van der Waals surface area contributed by atoms with Crippen LogP contribution < -0.4 is 4.74 Å². The molecule has 136 valence electrons. The van der Waals surface area contributed by atoms with Gasteiger partial charge in [-0.2, -0.15) is 8.78 Å². The summed E-state index contributed by atoms with van der Waals surface area (Å²) in [4.78, 5) is 12.6. The van der Waals surface area contributed by atoms with Crippen molar-refractivity contribution in [2.24, 2.45) is 0 Å². The molecule has 5 nitrogen and oxygen atoms in total. The molecule has 3 aromatic heterocycles. The van der Waals surface area contributed by atoms with Gasteiger partial charge in [-0.05, 0) is 42.8 Å². The van der Waals surface area contributed by atoms with Crippen LogP contribution in [0.4, 0.5) is 13.2 Å². The van der Waals surface area contributed by atoms with Gasteiger partial charge in [0.15, 0.2) is 0 Å². The highest BCUT2D eigenvalue weighted by molar-refractivity contribution is 5.81. The first-order valence-corrected chi connectivity index (χ1v) is 8.02. The number of hydrogen-bond donors (Lipinski definition) is 0. The molecule has 0 aliphatic carbocycles. The van der Waals surface area contributed by atoms with E-state index in [1.165, 1.54) is 24.4 Å². The molecule has 0 amide bonds. The highest BCUT2D eigenvalue weighted by Crippen LogP contribution is 2.26. The number of hydrogen-bond acceptors (Lipinski definition) is 4. The van der Waals surface area contributed by atoms with Crippen molar-refractivity contribution in [3.63, 3.8) is 0 Å². The molecule has 0 radical (unpaired) electrons. The Balaban J connectivity index is 1.76. The van der Waals surface area contributed by atoms with Crippen molar-refractivity contribution in [1.82, 2.24) is 19.5 Å². The van der Waals surface area contributed by atoms with Crippen LogP contribution in [-0.4, -0.2) is 26.1 Å². The van der Waals surface area contributed by atoms with Crippen molar-refractivity contribution >= 4 is 11.0 Å². The Kier molecular flexibility index (Phi) is 4.23. The molecule has 4 rings (SSSR count). The van der Waals surface area contributed by atoms with Gasteiger partial charge in [0.2, 0.25) is 5.88 Å².